The Hall–Kier alpha value is -7.05. The topological polar surface area (TPSA) is 51.8 Å². The molecule has 0 radical (unpaired) electrons. The average Bonchev–Trinajstić information content (AvgIpc) is 4.16. The molecule has 0 N–H and O–H groups in total. The second kappa shape index (κ2) is 20.1. The maximum absolute atomic E-state index is 5.40. The number of aromatic nitrogens is 5. The predicted molar refractivity (Wildman–Crippen MR) is 317 cm³/mol. The van der Waals surface area contributed by atoms with Gasteiger partial charge in [0, 0.05) is 103 Å². The van der Waals surface area contributed by atoms with Crippen LogP contribution in [0.1, 0.15) is 191 Å². The SMILES string of the molecule is C1=Cc2c(n(-c3ccccc3)c3cc(C4CC(c5cccc(-c6nc(C7CCCCC7)nc(C7CCCCC7)n6)c5)CCC[C@H]4n4c5ccccc5c5ccccc54)ccc23)CC=C1N1c2ccccc2C2CCCCC21. The fourth-order valence-electron chi connectivity index (χ4n) is 16.0. The zero-order chi connectivity index (χ0) is 50.8. The molecule has 0 spiro atoms. The van der Waals surface area contributed by atoms with E-state index >= 15 is 0 Å². The van der Waals surface area contributed by atoms with Crippen LogP contribution in [0.4, 0.5) is 5.69 Å². The van der Waals surface area contributed by atoms with Crippen LogP contribution in [0.25, 0.3) is 55.9 Å². The van der Waals surface area contributed by atoms with Gasteiger partial charge in [-0.15, -0.1) is 0 Å². The van der Waals surface area contributed by atoms with Gasteiger partial charge < -0.3 is 14.0 Å². The Bertz CT molecular complexity index is 3620. The standard InChI is InChI=1S/C71H72N6/c1-4-20-47(21-5-1)69-72-70(48-22-6-2-7-23-48)74-71(73-69)52-26-18-24-49(44-52)50-25-19-37-66(77-64-35-16-12-31-57(64)58-32-13-17-36-65(58)77)61(45-50)51-38-41-60-59-42-39-54(40-43-67(59)76(68(60)46-51)53-27-8-3-9-28-53)75-62-33-14-10-29-55(62)56-30-11-15-34-63(56)75/h3,8-10,12-14,16-18,24,26-29,31-33,35-36,38-42,44,46-48,50,56,61,63,66H,1-2,4-7,11,15,19-23,25,30,34,37,43,45H2/t50?,56?,61?,63?,66-/m1/s1. The summed E-state index contributed by atoms with van der Waals surface area (Å²) >= 11 is 0. The van der Waals surface area contributed by atoms with Crippen molar-refractivity contribution in [3.05, 3.63) is 203 Å². The van der Waals surface area contributed by atoms with E-state index in [4.69, 9.17) is 15.0 Å². The Labute approximate surface area is 455 Å². The zero-order valence-electron chi connectivity index (χ0n) is 44.7. The minimum Gasteiger partial charge on any atom is -0.338 e. The second-order valence-electron chi connectivity index (χ2n) is 24.0. The molecule has 6 aromatic carbocycles. The van der Waals surface area contributed by atoms with Crippen LogP contribution in [0.2, 0.25) is 0 Å². The zero-order valence-corrected chi connectivity index (χ0v) is 44.7. The molecule has 9 aromatic rings. The molecule has 3 aromatic heterocycles. The van der Waals surface area contributed by atoms with E-state index < -0.39 is 0 Å². The van der Waals surface area contributed by atoms with Gasteiger partial charge in [-0.2, -0.15) is 0 Å². The van der Waals surface area contributed by atoms with E-state index in [9.17, 15) is 0 Å². The van der Waals surface area contributed by atoms with Crippen LogP contribution < -0.4 is 4.90 Å². The Morgan fingerprint density at radius 3 is 1.87 bits per heavy atom. The maximum atomic E-state index is 5.40. The van der Waals surface area contributed by atoms with Crippen LogP contribution in [-0.2, 0) is 6.42 Å². The molecule has 15 rings (SSSR count). The highest BCUT2D eigenvalue weighted by Gasteiger charge is 2.41. The Balaban J connectivity index is 0.847. The molecule has 5 aliphatic carbocycles. The number of benzene rings is 6. The smallest absolute Gasteiger partial charge is 0.163 e. The lowest BCUT2D eigenvalue weighted by atomic mass is 9.81. The van der Waals surface area contributed by atoms with Crippen molar-refractivity contribution in [2.75, 3.05) is 4.90 Å². The van der Waals surface area contributed by atoms with E-state index in [2.05, 4.69) is 178 Å². The summed E-state index contributed by atoms with van der Waals surface area (Å²) in [5.74, 6) is 5.12. The van der Waals surface area contributed by atoms with Crippen molar-refractivity contribution in [3.63, 3.8) is 0 Å². The molecule has 6 nitrogen and oxygen atoms in total. The van der Waals surface area contributed by atoms with E-state index in [0.717, 1.165) is 55.1 Å². The molecule has 0 saturated heterocycles. The Morgan fingerprint density at radius 2 is 1.10 bits per heavy atom. The molecule has 4 unspecified atom stereocenters. The monoisotopic (exact) mass is 1010 g/mol. The molecular formula is C71H72N6. The first-order chi connectivity index (χ1) is 38.2. The van der Waals surface area contributed by atoms with Crippen molar-refractivity contribution >= 4 is 44.5 Å². The van der Waals surface area contributed by atoms with Crippen molar-refractivity contribution < 1.29 is 0 Å². The number of hydrogen-bond acceptors (Lipinski definition) is 4. The van der Waals surface area contributed by atoms with Gasteiger partial charge in [0.25, 0.3) is 0 Å². The van der Waals surface area contributed by atoms with Crippen LogP contribution in [0, 0.1) is 0 Å². The van der Waals surface area contributed by atoms with Crippen molar-refractivity contribution in [1.29, 1.82) is 0 Å². The van der Waals surface area contributed by atoms with Crippen molar-refractivity contribution in [2.45, 2.75) is 164 Å². The molecule has 1 aliphatic heterocycles. The molecular weight excluding hydrogens is 937 g/mol. The fourth-order valence-corrected chi connectivity index (χ4v) is 16.0. The summed E-state index contributed by atoms with van der Waals surface area (Å²) in [6.45, 7) is 0. The number of allylic oxidation sites excluding steroid dienone is 2. The predicted octanol–water partition coefficient (Wildman–Crippen LogP) is 18.4. The molecule has 4 fully saturated rings. The summed E-state index contributed by atoms with van der Waals surface area (Å²) in [6, 6.07) is 56.7. The summed E-state index contributed by atoms with van der Waals surface area (Å²) in [5, 5.41) is 4.03. The van der Waals surface area contributed by atoms with Crippen molar-refractivity contribution in [1.82, 2.24) is 24.1 Å². The second-order valence-corrected chi connectivity index (χ2v) is 24.0. The lowest BCUT2D eigenvalue weighted by Crippen LogP contribution is -2.35. The van der Waals surface area contributed by atoms with Gasteiger partial charge in [0.05, 0.1) is 5.52 Å². The Morgan fingerprint density at radius 1 is 0.442 bits per heavy atom. The van der Waals surface area contributed by atoms with Crippen molar-refractivity contribution in [2.24, 2.45) is 0 Å². The minimum atomic E-state index is 0.252. The molecule has 4 heterocycles. The first-order valence-corrected chi connectivity index (χ1v) is 30.0. The molecule has 6 aliphatic rings. The third-order valence-corrected chi connectivity index (χ3v) is 19.7. The highest BCUT2D eigenvalue weighted by Crippen LogP contribution is 2.52. The van der Waals surface area contributed by atoms with Crippen LogP contribution in [0.5, 0.6) is 0 Å². The fraction of sp³-hybridized carbons (Fsp3) is 0.366. The van der Waals surface area contributed by atoms with E-state index in [-0.39, 0.29) is 12.0 Å². The van der Waals surface area contributed by atoms with Gasteiger partial charge in [-0.1, -0.05) is 173 Å². The molecule has 4 saturated carbocycles. The Kier molecular flexibility index (Phi) is 12.3. The van der Waals surface area contributed by atoms with Crippen molar-refractivity contribution in [3.8, 4) is 17.1 Å². The van der Waals surface area contributed by atoms with Gasteiger partial charge in [0.2, 0.25) is 0 Å². The van der Waals surface area contributed by atoms with Crippen LogP contribution in [0.15, 0.2) is 163 Å². The lowest BCUT2D eigenvalue weighted by molar-refractivity contribution is 0.398. The number of anilines is 1. The quantitative estimate of drug-likeness (QED) is 0.142. The van der Waals surface area contributed by atoms with E-state index in [1.165, 1.54) is 162 Å². The van der Waals surface area contributed by atoms with E-state index in [0.29, 0.717) is 29.7 Å². The molecule has 0 amide bonds. The lowest BCUT2D eigenvalue weighted by Gasteiger charge is -2.34. The molecule has 386 valence electrons. The van der Waals surface area contributed by atoms with Gasteiger partial charge in [0.15, 0.2) is 5.82 Å². The van der Waals surface area contributed by atoms with E-state index in [1.807, 2.05) is 0 Å². The number of para-hydroxylation sites is 4. The minimum absolute atomic E-state index is 0.252. The third kappa shape index (κ3) is 8.39. The normalized spacial score (nSPS) is 23.1. The van der Waals surface area contributed by atoms with Gasteiger partial charge in [-0.25, -0.2) is 15.0 Å². The van der Waals surface area contributed by atoms with Gasteiger partial charge in [-0.3, -0.25) is 0 Å². The average molecular weight is 1010 g/mol. The number of nitrogens with zero attached hydrogens (tertiary/aromatic N) is 6. The number of rotatable bonds is 8. The maximum Gasteiger partial charge on any atom is 0.163 e. The van der Waals surface area contributed by atoms with Gasteiger partial charge in [0.1, 0.15) is 11.6 Å². The molecule has 5 atom stereocenters. The summed E-state index contributed by atoms with van der Waals surface area (Å²) in [7, 11) is 0. The molecule has 0 bridgehead atoms. The largest absolute Gasteiger partial charge is 0.338 e. The first kappa shape index (κ1) is 47.2. The summed E-state index contributed by atoms with van der Waals surface area (Å²) < 4.78 is 5.38. The first-order valence-electron chi connectivity index (χ1n) is 30.0. The molecule has 6 heteroatoms. The summed E-state index contributed by atoms with van der Waals surface area (Å²) in [5.41, 5.74) is 16.2. The van der Waals surface area contributed by atoms with E-state index in [1.54, 1.807) is 5.56 Å². The van der Waals surface area contributed by atoms with Crippen LogP contribution >= 0.6 is 0 Å². The summed E-state index contributed by atoms with van der Waals surface area (Å²) in [4.78, 5) is 18.8. The number of fused-ring (bicyclic) bond motifs is 9. The molecule has 77 heavy (non-hydrogen) atoms. The third-order valence-electron chi connectivity index (χ3n) is 19.7. The van der Waals surface area contributed by atoms with Crippen LogP contribution in [0.3, 0.4) is 0 Å². The van der Waals surface area contributed by atoms with Crippen LogP contribution in [-0.4, -0.2) is 30.1 Å². The van der Waals surface area contributed by atoms with Gasteiger partial charge in [-0.05, 0) is 129 Å². The highest BCUT2D eigenvalue weighted by atomic mass is 15.2. The summed E-state index contributed by atoms with van der Waals surface area (Å²) in [6.07, 6.45) is 30.5. The van der Waals surface area contributed by atoms with Gasteiger partial charge >= 0.3 is 0 Å². The number of hydrogen-bond donors (Lipinski definition) is 0. The highest BCUT2D eigenvalue weighted by molar-refractivity contribution is 6.08.